The second-order valence-corrected chi connectivity index (χ2v) is 7.16. The fourth-order valence-corrected chi connectivity index (χ4v) is 4.06. The van der Waals surface area contributed by atoms with E-state index in [0.29, 0.717) is 12.5 Å². The van der Waals surface area contributed by atoms with Gasteiger partial charge >= 0.3 is 0 Å². The van der Waals surface area contributed by atoms with Crippen molar-refractivity contribution in [3.8, 4) is 0 Å². The van der Waals surface area contributed by atoms with Crippen LogP contribution in [0.1, 0.15) is 37.6 Å². The molecule has 20 heavy (non-hydrogen) atoms. The van der Waals surface area contributed by atoms with Crippen molar-refractivity contribution in [1.82, 2.24) is 14.8 Å². The fraction of sp³-hybridized carbons (Fsp3) is 0.733. The van der Waals surface area contributed by atoms with E-state index in [0.717, 1.165) is 39.0 Å². The van der Waals surface area contributed by atoms with E-state index >= 15 is 0 Å². The van der Waals surface area contributed by atoms with Crippen LogP contribution in [0.5, 0.6) is 0 Å². The maximum absolute atomic E-state index is 12.2. The zero-order chi connectivity index (χ0) is 14.0. The largest absolute Gasteiger partial charge is 0.342 e. The van der Waals surface area contributed by atoms with Crippen molar-refractivity contribution in [3.63, 3.8) is 0 Å². The number of carbonyl (C=O) groups is 1. The Morgan fingerprint density at radius 2 is 2.00 bits per heavy atom. The van der Waals surface area contributed by atoms with Crippen LogP contribution in [0.25, 0.3) is 0 Å². The molecular weight excluding hydrogens is 270 g/mol. The van der Waals surface area contributed by atoms with Crippen LogP contribution in [0.4, 0.5) is 0 Å². The predicted octanol–water partition coefficient (Wildman–Crippen LogP) is 2.12. The highest BCUT2D eigenvalue weighted by Crippen LogP contribution is 2.35. The minimum atomic E-state index is 0.210. The molecule has 110 valence electrons. The number of likely N-dealkylation sites (tertiary alicyclic amines) is 2. The summed E-state index contributed by atoms with van der Waals surface area (Å²) in [6.45, 7) is 6.86. The number of rotatable bonds is 3. The van der Waals surface area contributed by atoms with E-state index in [1.807, 2.05) is 11.1 Å². The standard InChI is InChI=1S/C15H23N3OS/c1-15(14-16-6-11-20-14)4-9-17(10-5-15)12-13(19)18-7-2-3-8-18/h6,11H,2-5,7-10,12H2,1H3. The Morgan fingerprint density at radius 3 is 2.60 bits per heavy atom. The quantitative estimate of drug-likeness (QED) is 0.856. The van der Waals surface area contributed by atoms with Gasteiger partial charge in [-0.05, 0) is 38.8 Å². The zero-order valence-electron chi connectivity index (χ0n) is 12.2. The van der Waals surface area contributed by atoms with Crippen molar-refractivity contribution in [1.29, 1.82) is 0 Å². The van der Waals surface area contributed by atoms with Gasteiger partial charge in [0.25, 0.3) is 0 Å². The van der Waals surface area contributed by atoms with E-state index in [2.05, 4.69) is 22.2 Å². The molecule has 0 radical (unpaired) electrons. The second-order valence-electron chi connectivity index (χ2n) is 6.26. The van der Waals surface area contributed by atoms with Crippen molar-refractivity contribution in [2.24, 2.45) is 0 Å². The summed E-state index contributed by atoms with van der Waals surface area (Å²) in [5.41, 5.74) is 0.210. The van der Waals surface area contributed by atoms with E-state index in [9.17, 15) is 4.79 Å². The van der Waals surface area contributed by atoms with Crippen molar-refractivity contribution < 1.29 is 4.79 Å². The Labute approximate surface area is 124 Å². The van der Waals surface area contributed by atoms with Gasteiger partial charge < -0.3 is 4.90 Å². The summed E-state index contributed by atoms with van der Waals surface area (Å²) in [6, 6.07) is 0. The zero-order valence-corrected chi connectivity index (χ0v) is 13.0. The van der Waals surface area contributed by atoms with Crippen LogP contribution in [-0.4, -0.2) is 53.4 Å². The van der Waals surface area contributed by atoms with Gasteiger partial charge in [0.15, 0.2) is 0 Å². The number of aromatic nitrogens is 1. The van der Waals surface area contributed by atoms with E-state index in [4.69, 9.17) is 0 Å². The van der Waals surface area contributed by atoms with Crippen molar-refractivity contribution in [3.05, 3.63) is 16.6 Å². The van der Waals surface area contributed by atoms with E-state index < -0.39 is 0 Å². The number of hydrogen-bond acceptors (Lipinski definition) is 4. The van der Waals surface area contributed by atoms with Crippen LogP contribution in [-0.2, 0) is 10.2 Å². The number of nitrogens with zero attached hydrogens (tertiary/aromatic N) is 3. The first-order chi connectivity index (χ1) is 9.67. The van der Waals surface area contributed by atoms with Gasteiger partial charge in [0, 0.05) is 30.1 Å². The lowest BCUT2D eigenvalue weighted by Gasteiger charge is -2.38. The third-order valence-corrected chi connectivity index (χ3v) is 5.81. The highest BCUT2D eigenvalue weighted by molar-refractivity contribution is 7.09. The van der Waals surface area contributed by atoms with Crippen molar-refractivity contribution in [2.45, 2.75) is 38.0 Å². The van der Waals surface area contributed by atoms with Gasteiger partial charge in [-0.2, -0.15) is 0 Å². The molecule has 0 N–H and O–H groups in total. The molecule has 2 saturated heterocycles. The van der Waals surface area contributed by atoms with Crippen LogP contribution in [0.3, 0.4) is 0 Å². The molecule has 0 atom stereocenters. The first-order valence-corrected chi connectivity index (χ1v) is 8.45. The summed E-state index contributed by atoms with van der Waals surface area (Å²) in [5.74, 6) is 0.320. The van der Waals surface area contributed by atoms with Gasteiger partial charge in [0.1, 0.15) is 0 Å². The molecule has 0 aliphatic carbocycles. The number of amides is 1. The number of carbonyl (C=O) groups excluding carboxylic acids is 1. The Morgan fingerprint density at radius 1 is 1.30 bits per heavy atom. The topological polar surface area (TPSA) is 36.4 Å². The molecule has 3 rings (SSSR count). The number of hydrogen-bond donors (Lipinski definition) is 0. The number of piperidine rings is 1. The van der Waals surface area contributed by atoms with Crippen LogP contribution < -0.4 is 0 Å². The molecule has 3 heterocycles. The van der Waals surface area contributed by atoms with E-state index in [1.54, 1.807) is 11.3 Å². The fourth-order valence-electron chi connectivity index (χ4n) is 3.20. The second kappa shape index (κ2) is 5.82. The molecule has 4 nitrogen and oxygen atoms in total. The lowest BCUT2D eigenvalue weighted by Crippen LogP contribution is -2.45. The average molecular weight is 293 g/mol. The first-order valence-electron chi connectivity index (χ1n) is 7.57. The van der Waals surface area contributed by atoms with Crippen LogP contribution in [0.2, 0.25) is 0 Å². The van der Waals surface area contributed by atoms with Crippen LogP contribution in [0.15, 0.2) is 11.6 Å². The number of thiazole rings is 1. The minimum absolute atomic E-state index is 0.210. The molecule has 2 fully saturated rings. The summed E-state index contributed by atoms with van der Waals surface area (Å²) in [7, 11) is 0. The molecule has 0 unspecified atom stereocenters. The van der Waals surface area contributed by atoms with Crippen LogP contribution in [0, 0.1) is 0 Å². The SMILES string of the molecule is CC1(c2nccs2)CCN(CC(=O)N2CCCC2)CC1. The molecule has 1 aromatic rings. The summed E-state index contributed by atoms with van der Waals surface area (Å²) in [4.78, 5) is 21.0. The third kappa shape index (κ3) is 2.88. The summed E-state index contributed by atoms with van der Waals surface area (Å²) in [5, 5.41) is 3.31. The Balaban J connectivity index is 1.52. The smallest absolute Gasteiger partial charge is 0.236 e. The normalized spacial score (nSPS) is 23.1. The Kier molecular flexibility index (Phi) is 4.08. The molecular formula is C15H23N3OS. The van der Waals surface area contributed by atoms with E-state index in [-0.39, 0.29) is 5.41 Å². The molecule has 0 saturated carbocycles. The van der Waals surface area contributed by atoms with Crippen molar-refractivity contribution >= 4 is 17.2 Å². The first kappa shape index (κ1) is 14.0. The lowest BCUT2D eigenvalue weighted by atomic mass is 9.81. The van der Waals surface area contributed by atoms with Gasteiger partial charge in [-0.25, -0.2) is 4.98 Å². The van der Waals surface area contributed by atoms with Crippen molar-refractivity contribution in [2.75, 3.05) is 32.7 Å². The maximum Gasteiger partial charge on any atom is 0.236 e. The predicted molar refractivity (Wildman–Crippen MR) is 81.0 cm³/mol. The Hall–Kier alpha value is -0.940. The molecule has 2 aliphatic heterocycles. The van der Waals surface area contributed by atoms with E-state index in [1.165, 1.54) is 17.8 Å². The average Bonchev–Trinajstić information content (AvgIpc) is 3.15. The molecule has 1 aromatic heterocycles. The molecule has 0 spiro atoms. The molecule has 2 aliphatic rings. The Bertz CT molecular complexity index is 446. The van der Waals surface area contributed by atoms with Crippen LogP contribution >= 0.6 is 11.3 Å². The third-order valence-electron chi connectivity index (χ3n) is 4.73. The monoisotopic (exact) mass is 293 g/mol. The van der Waals surface area contributed by atoms with Gasteiger partial charge in [-0.15, -0.1) is 11.3 Å². The highest BCUT2D eigenvalue weighted by Gasteiger charge is 2.34. The minimum Gasteiger partial charge on any atom is -0.342 e. The maximum atomic E-state index is 12.2. The van der Waals surface area contributed by atoms with Gasteiger partial charge in [0.2, 0.25) is 5.91 Å². The molecule has 0 aromatic carbocycles. The summed E-state index contributed by atoms with van der Waals surface area (Å²) < 4.78 is 0. The van der Waals surface area contributed by atoms with Gasteiger partial charge in [0.05, 0.1) is 11.6 Å². The molecule has 1 amide bonds. The molecule has 5 heteroatoms. The highest BCUT2D eigenvalue weighted by atomic mass is 32.1. The molecule has 0 bridgehead atoms. The summed E-state index contributed by atoms with van der Waals surface area (Å²) >= 11 is 1.76. The summed E-state index contributed by atoms with van der Waals surface area (Å²) in [6.07, 6.45) is 6.46. The van der Waals surface area contributed by atoms with Gasteiger partial charge in [-0.1, -0.05) is 6.92 Å². The lowest BCUT2D eigenvalue weighted by molar-refractivity contribution is -0.131. The van der Waals surface area contributed by atoms with Gasteiger partial charge in [-0.3, -0.25) is 9.69 Å².